The van der Waals surface area contributed by atoms with Gasteiger partial charge in [0, 0.05) is 11.8 Å². The molecule has 0 radical (unpaired) electrons. The quantitative estimate of drug-likeness (QED) is 0.556. The molecule has 0 aromatic carbocycles. The lowest BCUT2D eigenvalue weighted by molar-refractivity contribution is -0.127. The van der Waals surface area contributed by atoms with E-state index in [1.165, 1.54) is 13.8 Å². The van der Waals surface area contributed by atoms with Crippen molar-refractivity contribution in [3.8, 4) is 0 Å². The van der Waals surface area contributed by atoms with Gasteiger partial charge < -0.3 is 11.1 Å². The van der Waals surface area contributed by atoms with E-state index in [0.717, 1.165) is 0 Å². The normalized spacial score (nSPS) is 15.4. The van der Waals surface area contributed by atoms with Gasteiger partial charge in [0.2, 0.25) is 11.8 Å². The van der Waals surface area contributed by atoms with Gasteiger partial charge in [0.05, 0.1) is 11.3 Å². The van der Waals surface area contributed by atoms with Crippen LogP contribution in [0.4, 0.5) is 0 Å². The van der Waals surface area contributed by atoms with Gasteiger partial charge in [0.25, 0.3) is 10.1 Å². The van der Waals surface area contributed by atoms with Crippen LogP contribution in [0.2, 0.25) is 0 Å². The summed E-state index contributed by atoms with van der Waals surface area (Å²) in [6.45, 7) is 6.44. The van der Waals surface area contributed by atoms with E-state index in [-0.39, 0.29) is 11.8 Å². The first-order valence-electron chi connectivity index (χ1n) is 6.44. The average Bonchev–Trinajstić information content (AvgIpc) is 2.20. The number of hydrogen-bond acceptors (Lipinski definition) is 4. The first kappa shape index (κ1) is 18.9. The van der Waals surface area contributed by atoms with Gasteiger partial charge in [-0.05, 0) is 26.7 Å². The van der Waals surface area contributed by atoms with Gasteiger partial charge in [0.1, 0.15) is 0 Å². The molecule has 0 bridgehead atoms. The van der Waals surface area contributed by atoms with Crippen molar-refractivity contribution < 1.29 is 22.6 Å². The zero-order valence-electron chi connectivity index (χ0n) is 12.3. The molecule has 0 aliphatic carbocycles. The van der Waals surface area contributed by atoms with Crippen molar-refractivity contribution in [1.29, 1.82) is 0 Å². The van der Waals surface area contributed by atoms with E-state index >= 15 is 0 Å². The fourth-order valence-corrected chi connectivity index (χ4v) is 2.95. The molecule has 0 aromatic rings. The minimum absolute atomic E-state index is 0.305. The van der Waals surface area contributed by atoms with E-state index in [1.807, 2.05) is 6.92 Å². The second-order valence-electron chi connectivity index (χ2n) is 5.74. The molecule has 7 nitrogen and oxygen atoms in total. The van der Waals surface area contributed by atoms with E-state index in [9.17, 15) is 18.0 Å². The van der Waals surface area contributed by atoms with E-state index < -0.39 is 33.2 Å². The van der Waals surface area contributed by atoms with Crippen LogP contribution in [-0.4, -0.2) is 36.1 Å². The summed E-state index contributed by atoms with van der Waals surface area (Å²) in [6.07, 6.45) is 0.848. The average molecular weight is 308 g/mol. The fourth-order valence-electron chi connectivity index (χ4n) is 1.97. The summed E-state index contributed by atoms with van der Waals surface area (Å²) in [7, 11) is -4.18. The summed E-state index contributed by atoms with van der Waals surface area (Å²) in [5, 5.41) is 2.55. The maximum atomic E-state index is 12.0. The summed E-state index contributed by atoms with van der Waals surface area (Å²) in [5.74, 6) is -2.28. The summed E-state index contributed by atoms with van der Waals surface area (Å²) in [5.41, 5.74) is 4.13. The molecule has 0 heterocycles. The maximum Gasteiger partial charge on any atom is 0.267 e. The summed E-state index contributed by atoms with van der Waals surface area (Å²) in [4.78, 5) is 23.1. The van der Waals surface area contributed by atoms with E-state index in [1.54, 1.807) is 6.92 Å². The Kier molecular flexibility index (Phi) is 6.63. The molecule has 20 heavy (non-hydrogen) atoms. The monoisotopic (exact) mass is 308 g/mol. The molecule has 0 saturated heterocycles. The Labute approximate surface area is 120 Å². The summed E-state index contributed by atoms with van der Waals surface area (Å²) < 4.78 is 30.5. The number of carbonyl (C=O) groups excluding carboxylic acids is 2. The number of carbonyl (C=O) groups is 2. The summed E-state index contributed by atoms with van der Waals surface area (Å²) in [6, 6.07) is 0. The SMILES string of the molecule is CCC(CC(C)C(=O)NC(C)(C)CS(=O)(=O)O)C(N)=O. The third kappa shape index (κ3) is 7.44. The van der Waals surface area contributed by atoms with E-state index in [0.29, 0.717) is 12.8 Å². The molecule has 4 N–H and O–H groups in total. The molecule has 0 saturated carbocycles. The van der Waals surface area contributed by atoms with Crippen LogP contribution in [-0.2, 0) is 19.7 Å². The summed E-state index contributed by atoms with van der Waals surface area (Å²) >= 11 is 0. The molecule has 0 spiro atoms. The van der Waals surface area contributed by atoms with Crippen LogP contribution >= 0.6 is 0 Å². The van der Waals surface area contributed by atoms with Crippen LogP contribution in [0.5, 0.6) is 0 Å². The van der Waals surface area contributed by atoms with Crippen molar-refractivity contribution in [2.75, 3.05) is 5.75 Å². The Balaban J connectivity index is 4.64. The Hall–Kier alpha value is -1.15. The van der Waals surface area contributed by atoms with Crippen molar-refractivity contribution in [2.24, 2.45) is 17.6 Å². The van der Waals surface area contributed by atoms with Gasteiger partial charge >= 0.3 is 0 Å². The molecule has 118 valence electrons. The second-order valence-corrected chi connectivity index (χ2v) is 7.20. The van der Waals surface area contributed by atoms with Crippen LogP contribution in [0.25, 0.3) is 0 Å². The third-order valence-corrected chi connectivity index (χ3v) is 4.07. The van der Waals surface area contributed by atoms with Crippen LogP contribution in [0.15, 0.2) is 0 Å². The molecule has 0 rings (SSSR count). The minimum Gasteiger partial charge on any atom is -0.369 e. The van der Waals surface area contributed by atoms with Gasteiger partial charge in [0.15, 0.2) is 0 Å². The number of primary amides is 1. The van der Waals surface area contributed by atoms with Crippen LogP contribution < -0.4 is 11.1 Å². The highest BCUT2D eigenvalue weighted by Gasteiger charge is 2.29. The Morgan fingerprint density at radius 3 is 2.20 bits per heavy atom. The Bertz CT molecular complexity index is 458. The first-order chi connectivity index (χ1) is 8.88. The van der Waals surface area contributed by atoms with Crippen LogP contribution in [0.3, 0.4) is 0 Å². The van der Waals surface area contributed by atoms with Gasteiger partial charge in [-0.1, -0.05) is 13.8 Å². The maximum absolute atomic E-state index is 12.0. The third-order valence-electron chi connectivity index (χ3n) is 2.99. The molecular formula is C12H24N2O5S. The van der Waals surface area contributed by atoms with Crippen molar-refractivity contribution in [3.63, 3.8) is 0 Å². The number of nitrogens with two attached hydrogens (primary N) is 1. The van der Waals surface area contributed by atoms with E-state index in [2.05, 4.69) is 5.32 Å². The lowest BCUT2D eigenvalue weighted by atomic mass is 9.92. The zero-order chi connectivity index (χ0) is 16.1. The molecule has 0 fully saturated rings. The highest BCUT2D eigenvalue weighted by Crippen LogP contribution is 2.17. The number of hydrogen-bond donors (Lipinski definition) is 3. The van der Waals surface area contributed by atoms with Crippen LogP contribution in [0, 0.1) is 11.8 Å². The van der Waals surface area contributed by atoms with Gasteiger partial charge in [-0.3, -0.25) is 14.1 Å². The zero-order valence-corrected chi connectivity index (χ0v) is 13.2. The highest BCUT2D eigenvalue weighted by molar-refractivity contribution is 7.85. The molecule has 2 atom stereocenters. The molecule has 0 aliphatic heterocycles. The molecule has 2 amide bonds. The highest BCUT2D eigenvalue weighted by atomic mass is 32.2. The largest absolute Gasteiger partial charge is 0.369 e. The lowest BCUT2D eigenvalue weighted by Gasteiger charge is -2.27. The van der Waals surface area contributed by atoms with E-state index in [4.69, 9.17) is 10.3 Å². The molecule has 8 heteroatoms. The standard InChI is InChI=1S/C12H24N2O5S/c1-5-9(10(13)15)6-8(2)11(16)14-12(3,4)7-20(17,18)19/h8-9H,5-7H2,1-4H3,(H2,13,15)(H,14,16)(H,17,18,19). The van der Waals surface area contributed by atoms with Crippen molar-refractivity contribution in [1.82, 2.24) is 5.32 Å². The topological polar surface area (TPSA) is 127 Å². The first-order valence-corrected chi connectivity index (χ1v) is 8.05. The van der Waals surface area contributed by atoms with Crippen LogP contribution in [0.1, 0.15) is 40.5 Å². The number of nitrogens with one attached hydrogen (secondary N) is 1. The lowest BCUT2D eigenvalue weighted by Crippen LogP contribution is -2.50. The Morgan fingerprint density at radius 1 is 1.35 bits per heavy atom. The molecule has 0 aromatic heterocycles. The van der Waals surface area contributed by atoms with Crippen molar-refractivity contribution in [2.45, 2.75) is 46.1 Å². The Morgan fingerprint density at radius 2 is 1.85 bits per heavy atom. The van der Waals surface area contributed by atoms with Crippen molar-refractivity contribution >= 4 is 21.9 Å². The molecule has 0 aliphatic rings. The predicted octanol–water partition coefficient (Wildman–Crippen LogP) is 0.307. The van der Waals surface area contributed by atoms with Crippen molar-refractivity contribution in [3.05, 3.63) is 0 Å². The second kappa shape index (κ2) is 7.03. The fraction of sp³-hybridized carbons (Fsp3) is 0.833. The smallest absolute Gasteiger partial charge is 0.267 e. The number of amides is 2. The molecular weight excluding hydrogens is 284 g/mol. The van der Waals surface area contributed by atoms with Gasteiger partial charge in [-0.25, -0.2) is 0 Å². The number of rotatable bonds is 8. The molecule has 2 unspecified atom stereocenters. The van der Waals surface area contributed by atoms with Gasteiger partial charge in [-0.15, -0.1) is 0 Å². The predicted molar refractivity (Wildman–Crippen MR) is 75.4 cm³/mol. The minimum atomic E-state index is -4.18. The van der Waals surface area contributed by atoms with Gasteiger partial charge in [-0.2, -0.15) is 8.42 Å².